The van der Waals surface area contributed by atoms with Crippen molar-refractivity contribution >= 4 is 29.9 Å². The van der Waals surface area contributed by atoms with Gasteiger partial charge in [0.05, 0.1) is 13.2 Å². The van der Waals surface area contributed by atoms with Crippen molar-refractivity contribution < 1.29 is 17.9 Å². The van der Waals surface area contributed by atoms with Gasteiger partial charge in [0.1, 0.15) is 0 Å². The number of aliphatic imine (C=N–C) groups is 1. The van der Waals surface area contributed by atoms with E-state index in [0.29, 0.717) is 25.1 Å². The van der Waals surface area contributed by atoms with Gasteiger partial charge in [0, 0.05) is 51.4 Å². The first kappa shape index (κ1) is 24.4. The number of likely N-dealkylation sites (tertiary alicyclic amines) is 1. The predicted octanol–water partition coefficient (Wildman–Crippen LogP) is 3.67. The van der Waals surface area contributed by atoms with E-state index in [2.05, 4.69) is 20.3 Å². The first-order valence-electron chi connectivity index (χ1n) is 9.53. The highest BCUT2D eigenvalue weighted by Crippen LogP contribution is 2.30. The van der Waals surface area contributed by atoms with Crippen LogP contribution in [0.25, 0.3) is 0 Å². The van der Waals surface area contributed by atoms with E-state index in [4.69, 9.17) is 4.74 Å². The maximum atomic E-state index is 13.1. The largest absolute Gasteiger partial charge is 0.435 e. The fourth-order valence-corrected chi connectivity index (χ4v) is 3.49. The number of aryl methyl sites for hydroxylation is 1. The summed E-state index contributed by atoms with van der Waals surface area (Å²) in [5, 5.41) is 6.57. The average Bonchev–Trinajstić information content (AvgIpc) is 3.30. The number of alkyl halides is 3. The summed E-state index contributed by atoms with van der Waals surface area (Å²) in [6.07, 6.45) is -2.14. The van der Waals surface area contributed by atoms with Gasteiger partial charge in [-0.25, -0.2) is 0 Å². The summed E-state index contributed by atoms with van der Waals surface area (Å²) in [6, 6.07) is 10.00. The van der Waals surface area contributed by atoms with Crippen LogP contribution < -0.4 is 5.32 Å². The molecule has 1 atom stereocenters. The van der Waals surface area contributed by atoms with Crippen LogP contribution in [0.5, 0.6) is 0 Å². The van der Waals surface area contributed by atoms with E-state index in [1.54, 1.807) is 7.05 Å². The van der Waals surface area contributed by atoms with Gasteiger partial charge in [-0.3, -0.25) is 9.67 Å². The third-order valence-corrected chi connectivity index (χ3v) is 4.87. The second-order valence-electron chi connectivity index (χ2n) is 7.18. The van der Waals surface area contributed by atoms with Crippen molar-refractivity contribution in [3.63, 3.8) is 0 Å². The van der Waals surface area contributed by atoms with E-state index < -0.39 is 11.9 Å². The van der Waals surface area contributed by atoms with Gasteiger partial charge in [-0.05, 0) is 12.0 Å². The molecule has 2 aromatic rings. The van der Waals surface area contributed by atoms with Crippen molar-refractivity contribution in [1.29, 1.82) is 0 Å². The highest BCUT2D eigenvalue weighted by Gasteiger charge is 2.37. The molecule has 10 heteroatoms. The standard InChI is InChI=1S/C20H26F3N5O.HI/c1-24-19(25-10-17-12-27(2)26-18(17)20(21,22)23)28-9-8-16(11-28)14-29-13-15-6-4-3-5-7-15;/h3-7,12,16H,8-11,13-14H2,1-2H3,(H,24,25);1H. The molecule has 0 spiro atoms. The summed E-state index contributed by atoms with van der Waals surface area (Å²) in [5.41, 5.74) is 0.372. The van der Waals surface area contributed by atoms with E-state index in [0.717, 1.165) is 25.1 Å². The highest BCUT2D eigenvalue weighted by atomic mass is 127. The zero-order valence-corrected chi connectivity index (χ0v) is 19.4. The summed E-state index contributed by atoms with van der Waals surface area (Å²) in [6.45, 7) is 2.78. The lowest BCUT2D eigenvalue weighted by molar-refractivity contribution is -0.142. The van der Waals surface area contributed by atoms with Crippen molar-refractivity contribution in [1.82, 2.24) is 20.0 Å². The number of guanidine groups is 1. The smallest absolute Gasteiger partial charge is 0.376 e. The summed E-state index contributed by atoms with van der Waals surface area (Å²) in [4.78, 5) is 6.28. The number of ether oxygens (including phenoxy) is 1. The van der Waals surface area contributed by atoms with Crippen LogP contribution in [0, 0.1) is 5.92 Å². The van der Waals surface area contributed by atoms with Crippen molar-refractivity contribution in [3.8, 4) is 0 Å². The van der Waals surface area contributed by atoms with Crippen LogP contribution in [0.15, 0.2) is 41.5 Å². The molecule has 0 bridgehead atoms. The second-order valence-corrected chi connectivity index (χ2v) is 7.18. The molecule has 1 aliphatic heterocycles. The Bertz CT molecular complexity index is 826. The molecule has 1 fully saturated rings. The summed E-state index contributed by atoms with van der Waals surface area (Å²) < 4.78 is 46.3. The summed E-state index contributed by atoms with van der Waals surface area (Å²) >= 11 is 0. The summed E-state index contributed by atoms with van der Waals surface area (Å²) in [7, 11) is 3.11. The SMILES string of the molecule is CN=C(NCc1cn(C)nc1C(F)(F)F)N1CCC(COCc2ccccc2)C1.I. The molecule has 0 saturated carbocycles. The van der Waals surface area contributed by atoms with Gasteiger partial charge in [-0.2, -0.15) is 18.3 Å². The molecule has 0 radical (unpaired) electrons. The van der Waals surface area contributed by atoms with Crippen LogP contribution in [-0.4, -0.2) is 47.4 Å². The normalized spacial score (nSPS) is 17.2. The first-order chi connectivity index (χ1) is 13.9. The van der Waals surface area contributed by atoms with Crippen LogP contribution in [-0.2, 0) is 31.1 Å². The van der Waals surface area contributed by atoms with E-state index in [9.17, 15) is 13.2 Å². The molecule has 30 heavy (non-hydrogen) atoms. The number of aromatic nitrogens is 2. The van der Waals surface area contributed by atoms with Crippen LogP contribution in [0.4, 0.5) is 13.2 Å². The minimum atomic E-state index is -4.48. The number of hydrogen-bond donors (Lipinski definition) is 1. The lowest BCUT2D eigenvalue weighted by atomic mass is 10.1. The number of rotatable bonds is 6. The van der Waals surface area contributed by atoms with Gasteiger partial charge in [-0.15, -0.1) is 24.0 Å². The minimum Gasteiger partial charge on any atom is -0.376 e. The molecule has 0 aliphatic carbocycles. The molecule has 1 unspecified atom stereocenters. The molecule has 1 aromatic carbocycles. The molecule has 1 N–H and O–H groups in total. The fraction of sp³-hybridized carbons (Fsp3) is 0.500. The molecule has 1 aliphatic rings. The van der Waals surface area contributed by atoms with Crippen LogP contribution in [0.2, 0.25) is 0 Å². The van der Waals surface area contributed by atoms with Gasteiger partial charge in [0.25, 0.3) is 0 Å². The lowest BCUT2D eigenvalue weighted by Gasteiger charge is -2.22. The van der Waals surface area contributed by atoms with Crippen molar-refractivity contribution in [2.45, 2.75) is 25.7 Å². The topological polar surface area (TPSA) is 54.7 Å². The number of benzene rings is 1. The van der Waals surface area contributed by atoms with E-state index in [1.165, 1.54) is 17.9 Å². The molecule has 1 saturated heterocycles. The lowest BCUT2D eigenvalue weighted by Crippen LogP contribution is -2.40. The van der Waals surface area contributed by atoms with Gasteiger partial charge < -0.3 is 15.0 Å². The van der Waals surface area contributed by atoms with Gasteiger partial charge in [0.15, 0.2) is 11.7 Å². The minimum absolute atomic E-state index is 0. The molecule has 1 aromatic heterocycles. The molecule has 2 heterocycles. The number of nitrogens with zero attached hydrogens (tertiary/aromatic N) is 4. The molecule has 3 rings (SSSR count). The Kier molecular flexibility index (Phi) is 8.95. The zero-order chi connectivity index (χ0) is 20.9. The maximum Gasteiger partial charge on any atom is 0.435 e. The van der Waals surface area contributed by atoms with Crippen LogP contribution >= 0.6 is 24.0 Å². The number of hydrogen-bond acceptors (Lipinski definition) is 3. The Labute approximate surface area is 191 Å². The highest BCUT2D eigenvalue weighted by molar-refractivity contribution is 14.0. The molecule has 166 valence electrons. The molecule has 0 amide bonds. The second kappa shape index (κ2) is 11.0. The van der Waals surface area contributed by atoms with Gasteiger partial charge in [-0.1, -0.05) is 30.3 Å². The monoisotopic (exact) mass is 537 g/mol. The Morgan fingerprint density at radius 3 is 2.70 bits per heavy atom. The van der Waals surface area contributed by atoms with Crippen LogP contribution in [0.3, 0.4) is 0 Å². The Morgan fingerprint density at radius 1 is 1.30 bits per heavy atom. The molecular formula is C20H27F3IN5O. The van der Waals surface area contributed by atoms with E-state index >= 15 is 0 Å². The molecular weight excluding hydrogens is 510 g/mol. The first-order valence-corrected chi connectivity index (χ1v) is 9.53. The number of nitrogens with one attached hydrogen (secondary N) is 1. The van der Waals surface area contributed by atoms with E-state index in [1.807, 2.05) is 30.3 Å². The number of halogens is 4. The maximum absolute atomic E-state index is 13.1. The van der Waals surface area contributed by atoms with Gasteiger partial charge >= 0.3 is 6.18 Å². The van der Waals surface area contributed by atoms with Gasteiger partial charge in [0.2, 0.25) is 0 Å². The quantitative estimate of drug-likeness (QED) is 0.347. The predicted molar refractivity (Wildman–Crippen MR) is 120 cm³/mol. The van der Waals surface area contributed by atoms with Crippen molar-refractivity contribution in [2.24, 2.45) is 18.0 Å². The Balaban J connectivity index is 0.00000320. The zero-order valence-electron chi connectivity index (χ0n) is 17.0. The van der Waals surface area contributed by atoms with Crippen molar-refractivity contribution in [2.75, 3.05) is 26.7 Å². The summed E-state index contributed by atoms with van der Waals surface area (Å²) in [5.74, 6) is 0.953. The van der Waals surface area contributed by atoms with E-state index in [-0.39, 0.29) is 36.1 Å². The average molecular weight is 537 g/mol. The fourth-order valence-electron chi connectivity index (χ4n) is 3.49. The third kappa shape index (κ3) is 6.59. The Hall–Kier alpha value is -1.82. The Morgan fingerprint density at radius 2 is 2.03 bits per heavy atom. The molecule has 6 nitrogen and oxygen atoms in total. The van der Waals surface area contributed by atoms with Crippen molar-refractivity contribution in [3.05, 3.63) is 53.3 Å². The third-order valence-electron chi connectivity index (χ3n) is 4.87. The van der Waals surface area contributed by atoms with Crippen LogP contribution in [0.1, 0.15) is 23.2 Å².